The summed E-state index contributed by atoms with van der Waals surface area (Å²) in [6, 6.07) is 0. The van der Waals surface area contributed by atoms with E-state index in [1.54, 1.807) is 0 Å². The van der Waals surface area contributed by atoms with Crippen LogP contribution in [0.3, 0.4) is 0 Å². The van der Waals surface area contributed by atoms with Gasteiger partial charge < -0.3 is 0 Å². The number of hydrazone groups is 1. The third-order valence-electron chi connectivity index (χ3n) is 1.59. The van der Waals surface area contributed by atoms with Gasteiger partial charge in [-0.2, -0.15) is 5.10 Å². The summed E-state index contributed by atoms with van der Waals surface area (Å²) in [5, 5.41) is 6.24. The second-order valence-electron chi connectivity index (χ2n) is 2.40. The zero-order valence-corrected chi connectivity index (χ0v) is 7.80. The van der Waals surface area contributed by atoms with Gasteiger partial charge in [-0.25, -0.2) is 0 Å². The SMILES string of the molecule is C=C(/C=N/N(CC)CC)CC. The number of rotatable bonds is 5. The van der Waals surface area contributed by atoms with Crippen LogP contribution in [-0.4, -0.2) is 24.3 Å². The first-order valence-corrected chi connectivity index (χ1v) is 4.21. The zero-order valence-electron chi connectivity index (χ0n) is 7.80. The molecule has 0 rings (SSSR count). The third kappa shape index (κ3) is 4.59. The van der Waals surface area contributed by atoms with E-state index < -0.39 is 0 Å². The van der Waals surface area contributed by atoms with Gasteiger partial charge in [0.2, 0.25) is 0 Å². The largest absolute Gasteiger partial charge is 0.298 e. The maximum atomic E-state index is 4.24. The van der Waals surface area contributed by atoms with Crippen LogP contribution >= 0.6 is 0 Å². The lowest BCUT2D eigenvalue weighted by atomic mass is 10.3. The molecule has 0 saturated heterocycles. The molecule has 0 unspecified atom stereocenters. The van der Waals surface area contributed by atoms with Gasteiger partial charge >= 0.3 is 0 Å². The smallest absolute Gasteiger partial charge is 0.0496 e. The Morgan fingerprint density at radius 2 is 1.91 bits per heavy atom. The number of hydrogen-bond donors (Lipinski definition) is 0. The summed E-state index contributed by atoms with van der Waals surface area (Å²) in [6.07, 6.45) is 2.82. The first-order valence-electron chi connectivity index (χ1n) is 4.21. The van der Waals surface area contributed by atoms with Crippen LogP contribution in [-0.2, 0) is 0 Å². The van der Waals surface area contributed by atoms with E-state index in [0.29, 0.717) is 0 Å². The average molecular weight is 154 g/mol. The van der Waals surface area contributed by atoms with Crippen molar-refractivity contribution in [2.24, 2.45) is 5.10 Å². The first kappa shape index (κ1) is 10.2. The molecule has 0 aromatic heterocycles. The minimum absolute atomic E-state index is 0.962. The van der Waals surface area contributed by atoms with Gasteiger partial charge in [-0.1, -0.05) is 13.5 Å². The second kappa shape index (κ2) is 5.96. The van der Waals surface area contributed by atoms with Crippen LogP contribution in [0.25, 0.3) is 0 Å². The van der Waals surface area contributed by atoms with Crippen LogP contribution in [0.4, 0.5) is 0 Å². The summed E-state index contributed by atoms with van der Waals surface area (Å²) in [4.78, 5) is 0. The predicted octanol–water partition coefficient (Wildman–Crippen LogP) is 2.28. The van der Waals surface area contributed by atoms with Gasteiger partial charge in [-0.15, -0.1) is 0 Å². The molecule has 0 atom stereocenters. The highest BCUT2D eigenvalue weighted by atomic mass is 15.4. The standard InChI is InChI=1S/C9H18N2/c1-5-9(4)8-10-11(6-2)7-3/h8H,4-7H2,1-3H3/b10-8+. The Labute approximate surface area is 69.6 Å². The Hall–Kier alpha value is -0.790. The van der Waals surface area contributed by atoms with E-state index in [2.05, 4.69) is 32.5 Å². The Morgan fingerprint density at radius 1 is 1.36 bits per heavy atom. The maximum Gasteiger partial charge on any atom is 0.0496 e. The molecule has 0 amide bonds. The first-order chi connectivity index (χ1) is 5.24. The van der Waals surface area contributed by atoms with Gasteiger partial charge in [0.25, 0.3) is 0 Å². The van der Waals surface area contributed by atoms with Crippen LogP contribution in [0, 0.1) is 0 Å². The molecule has 0 aromatic carbocycles. The molecular formula is C9H18N2. The van der Waals surface area contributed by atoms with E-state index >= 15 is 0 Å². The minimum atomic E-state index is 0.962. The average Bonchev–Trinajstić information content (AvgIpc) is 2.06. The van der Waals surface area contributed by atoms with Crippen LogP contribution in [0.2, 0.25) is 0 Å². The van der Waals surface area contributed by atoms with Gasteiger partial charge in [0.1, 0.15) is 0 Å². The Kier molecular flexibility index (Phi) is 5.53. The normalized spacial score (nSPS) is 10.5. The molecule has 2 heteroatoms. The summed E-state index contributed by atoms with van der Waals surface area (Å²) in [7, 11) is 0. The molecule has 0 aromatic rings. The summed E-state index contributed by atoms with van der Waals surface area (Å²) in [5.41, 5.74) is 1.08. The molecule has 0 N–H and O–H groups in total. The molecule has 0 spiro atoms. The fraction of sp³-hybridized carbons (Fsp3) is 0.667. The van der Waals surface area contributed by atoms with Crippen molar-refractivity contribution in [1.29, 1.82) is 0 Å². The van der Waals surface area contributed by atoms with Crippen molar-refractivity contribution in [3.05, 3.63) is 12.2 Å². The highest BCUT2D eigenvalue weighted by molar-refractivity contribution is 5.77. The van der Waals surface area contributed by atoms with Crippen molar-refractivity contribution in [3.8, 4) is 0 Å². The molecule has 0 bridgehead atoms. The second-order valence-corrected chi connectivity index (χ2v) is 2.40. The lowest BCUT2D eigenvalue weighted by molar-refractivity contribution is 0.323. The van der Waals surface area contributed by atoms with Crippen molar-refractivity contribution in [3.63, 3.8) is 0 Å². The van der Waals surface area contributed by atoms with Crippen molar-refractivity contribution >= 4 is 6.21 Å². The molecule has 0 fully saturated rings. The van der Waals surface area contributed by atoms with Gasteiger partial charge in [0, 0.05) is 19.3 Å². The minimum Gasteiger partial charge on any atom is -0.298 e. The van der Waals surface area contributed by atoms with Crippen molar-refractivity contribution in [2.75, 3.05) is 13.1 Å². The fourth-order valence-electron chi connectivity index (χ4n) is 0.641. The molecule has 64 valence electrons. The van der Waals surface area contributed by atoms with Crippen LogP contribution in [0.1, 0.15) is 27.2 Å². The lowest BCUT2D eigenvalue weighted by Crippen LogP contribution is -2.15. The quantitative estimate of drug-likeness (QED) is 0.438. The van der Waals surface area contributed by atoms with Gasteiger partial charge in [-0.05, 0) is 25.8 Å². The Balaban J connectivity index is 3.78. The monoisotopic (exact) mass is 154 g/mol. The topological polar surface area (TPSA) is 15.6 Å². The van der Waals surface area contributed by atoms with Crippen LogP contribution in [0.5, 0.6) is 0 Å². The Bertz CT molecular complexity index is 134. The third-order valence-corrected chi connectivity index (χ3v) is 1.59. The van der Waals surface area contributed by atoms with Crippen molar-refractivity contribution < 1.29 is 0 Å². The van der Waals surface area contributed by atoms with E-state index in [9.17, 15) is 0 Å². The molecule has 0 heterocycles. The molecule has 11 heavy (non-hydrogen) atoms. The summed E-state index contributed by atoms with van der Waals surface area (Å²) >= 11 is 0. The summed E-state index contributed by atoms with van der Waals surface area (Å²) < 4.78 is 0. The molecule has 0 aliphatic carbocycles. The van der Waals surface area contributed by atoms with Crippen molar-refractivity contribution in [2.45, 2.75) is 27.2 Å². The zero-order chi connectivity index (χ0) is 8.69. The summed E-state index contributed by atoms with van der Waals surface area (Å²) in [6.45, 7) is 12.0. The van der Waals surface area contributed by atoms with E-state index in [4.69, 9.17) is 0 Å². The predicted molar refractivity (Wildman–Crippen MR) is 50.8 cm³/mol. The van der Waals surface area contributed by atoms with Crippen LogP contribution < -0.4 is 0 Å². The van der Waals surface area contributed by atoms with E-state index in [1.165, 1.54) is 0 Å². The van der Waals surface area contributed by atoms with Gasteiger partial charge in [0.05, 0.1) is 0 Å². The lowest BCUT2D eigenvalue weighted by Gasteiger charge is -2.12. The molecule has 0 aliphatic heterocycles. The highest BCUT2D eigenvalue weighted by Crippen LogP contribution is 1.93. The van der Waals surface area contributed by atoms with E-state index in [-0.39, 0.29) is 0 Å². The number of nitrogens with zero attached hydrogens (tertiary/aromatic N) is 2. The highest BCUT2D eigenvalue weighted by Gasteiger charge is 1.89. The van der Waals surface area contributed by atoms with Crippen LogP contribution in [0.15, 0.2) is 17.3 Å². The maximum absolute atomic E-state index is 4.24. The van der Waals surface area contributed by atoms with E-state index in [1.807, 2.05) is 11.2 Å². The molecule has 0 aliphatic rings. The Morgan fingerprint density at radius 3 is 2.27 bits per heavy atom. The van der Waals surface area contributed by atoms with Gasteiger partial charge in [0.15, 0.2) is 0 Å². The fourth-order valence-corrected chi connectivity index (χ4v) is 0.641. The molecule has 0 radical (unpaired) electrons. The summed E-state index contributed by atoms with van der Waals surface area (Å²) in [5.74, 6) is 0. The van der Waals surface area contributed by atoms with E-state index in [0.717, 1.165) is 25.1 Å². The number of hydrogen-bond acceptors (Lipinski definition) is 2. The molecular weight excluding hydrogens is 136 g/mol. The van der Waals surface area contributed by atoms with Crippen molar-refractivity contribution in [1.82, 2.24) is 5.01 Å². The number of allylic oxidation sites excluding steroid dienone is 1. The molecule has 2 nitrogen and oxygen atoms in total. The molecule has 0 saturated carbocycles. The van der Waals surface area contributed by atoms with Gasteiger partial charge in [-0.3, -0.25) is 5.01 Å².